The van der Waals surface area contributed by atoms with E-state index in [1.165, 1.54) is 32.7 Å². The molecule has 43 heavy (non-hydrogen) atoms. The van der Waals surface area contributed by atoms with Gasteiger partial charge in [0.25, 0.3) is 0 Å². The first-order valence-electron chi connectivity index (χ1n) is 14.5. The van der Waals surface area contributed by atoms with E-state index < -0.39 is 0 Å². The van der Waals surface area contributed by atoms with E-state index in [0.29, 0.717) is 0 Å². The molecule has 0 saturated carbocycles. The van der Waals surface area contributed by atoms with E-state index in [0.717, 1.165) is 66.0 Å². The summed E-state index contributed by atoms with van der Waals surface area (Å²) in [7, 11) is 0. The summed E-state index contributed by atoms with van der Waals surface area (Å²) in [5, 5.41) is 10.2. The summed E-state index contributed by atoms with van der Waals surface area (Å²) in [6.07, 6.45) is 1.75. The Kier molecular flexibility index (Phi) is 4.45. The molecule has 3 heteroatoms. The number of rotatable bonds is 2. The summed E-state index contributed by atoms with van der Waals surface area (Å²) in [5.41, 5.74) is 8.93. The lowest BCUT2D eigenvalue weighted by Gasteiger charge is -2.18. The van der Waals surface area contributed by atoms with Crippen molar-refractivity contribution in [3.05, 3.63) is 134 Å². The van der Waals surface area contributed by atoms with Gasteiger partial charge in [0.15, 0.2) is 0 Å². The molecule has 0 atom stereocenters. The molecule has 0 aliphatic rings. The topological polar surface area (TPSA) is 39.4 Å². The number of para-hydroxylation sites is 3. The molecule has 0 unspecified atom stereocenters. The largest absolute Gasteiger partial charge is 0.464 e. The van der Waals surface area contributed by atoms with Crippen LogP contribution in [0.4, 0.5) is 0 Å². The maximum Gasteiger partial charge on any atom is 0.143 e. The second-order valence-electron chi connectivity index (χ2n) is 11.2. The molecule has 0 aliphatic carbocycles. The molecule has 0 saturated heterocycles. The fraction of sp³-hybridized carbons (Fsp3) is 0. The van der Waals surface area contributed by atoms with Crippen molar-refractivity contribution >= 4 is 76.4 Å². The molecule has 3 aromatic heterocycles. The number of fused-ring (bicyclic) bond motifs is 10. The summed E-state index contributed by atoms with van der Waals surface area (Å²) >= 11 is 0. The quantitative estimate of drug-likeness (QED) is 0.201. The smallest absolute Gasteiger partial charge is 0.143 e. The number of hydrogen-bond donors (Lipinski definition) is 0. The normalized spacial score (nSPS) is 12.2. The number of benzene rings is 7. The van der Waals surface area contributed by atoms with Crippen LogP contribution in [0.5, 0.6) is 0 Å². The molecule has 0 aliphatic heterocycles. The summed E-state index contributed by atoms with van der Waals surface area (Å²) in [6.45, 7) is 0. The highest BCUT2D eigenvalue weighted by molar-refractivity contribution is 6.27. The second-order valence-corrected chi connectivity index (χ2v) is 11.2. The van der Waals surface area contributed by atoms with Crippen LogP contribution in [-0.2, 0) is 0 Å². The van der Waals surface area contributed by atoms with Gasteiger partial charge in [0.1, 0.15) is 27.9 Å². The van der Waals surface area contributed by atoms with Gasteiger partial charge in [-0.3, -0.25) is 0 Å². The van der Waals surface area contributed by atoms with Crippen molar-refractivity contribution in [1.82, 2.24) is 0 Å². The fourth-order valence-electron chi connectivity index (χ4n) is 7.19. The molecule has 3 heterocycles. The van der Waals surface area contributed by atoms with Crippen LogP contribution in [-0.4, -0.2) is 0 Å². The maximum atomic E-state index is 6.66. The van der Waals surface area contributed by atoms with Gasteiger partial charge in [0.05, 0.1) is 6.26 Å². The fourth-order valence-corrected chi connectivity index (χ4v) is 7.19. The van der Waals surface area contributed by atoms with Crippen LogP contribution in [0.3, 0.4) is 0 Å². The molecule has 200 valence electrons. The van der Waals surface area contributed by atoms with E-state index in [1.807, 2.05) is 30.3 Å². The van der Waals surface area contributed by atoms with Gasteiger partial charge in [-0.1, -0.05) is 103 Å². The van der Waals surface area contributed by atoms with Crippen molar-refractivity contribution in [3.8, 4) is 22.3 Å². The van der Waals surface area contributed by atoms with Crippen LogP contribution in [0.1, 0.15) is 0 Å². The Labute approximate surface area is 245 Å². The average Bonchev–Trinajstić information content (AvgIpc) is 3.78. The van der Waals surface area contributed by atoms with Gasteiger partial charge in [-0.25, -0.2) is 0 Å². The van der Waals surface area contributed by atoms with Gasteiger partial charge in [-0.15, -0.1) is 0 Å². The Balaban J connectivity index is 1.36. The predicted octanol–water partition coefficient (Wildman–Crippen LogP) is 11.9. The van der Waals surface area contributed by atoms with E-state index in [4.69, 9.17) is 13.3 Å². The van der Waals surface area contributed by atoms with Crippen LogP contribution < -0.4 is 0 Å². The van der Waals surface area contributed by atoms with Crippen LogP contribution in [0.15, 0.2) is 147 Å². The third kappa shape index (κ3) is 3.03. The van der Waals surface area contributed by atoms with Crippen LogP contribution in [0, 0.1) is 0 Å². The monoisotopic (exact) mass is 550 g/mol. The molecule has 7 aromatic carbocycles. The molecule has 0 radical (unpaired) electrons. The third-order valence-electron chi connectivity index (χ3n) is 8.97. The minimum Gasteiger partial charge on any atom is -0.464 e. The van der Waals surface area contributed by atoms with Crippen molar-refractivity contribution in [2.24, 2.45) is 0 Å². The van der Waals surface area contributed by atoms with Gasteiger partial charge in [0, 0.05) is 49.2 Å². The SMILES string of the molecule is c1ccc2c(c1)oc1c(-c3c4ccccc4c(-c4cccc5c4oc4ccc6occc6c45)c4ccccc34)cccc12. The van der Waals surface area contributed by atoms with Crippen molar-refractivity contribution in [3.63, 3.8) is 0 Å². The Hall–Kier alpha value is -5.80. The molecule has 0 fully saturated rings. The van der Waals surface area contributed by atoms with E-state index in [1.54, 1.807) is 6.26 Å². The lowest BCUT2D eigenvalue weighted by molar-refractivity contribution is 0.615. The summed E-state index contributed by atoms with van der Waals surface area (Å²) in [4.78, 5) is 0. The average molecular weight is 551 g/mol. The standard InChI is InChI=1S/C40H22O3/c1-3-12-26-24(10-1)36(30-15-7-14-28-23-9-5-6-18-34(23)42-39(28)30)25-11-2-4-13-27(25)37(26)31-16-8-17-32-38-29-21-22-41-33(29)19-20-35(38)43-40(31)32/h1-22H. The minimum absolute atomic E-state index is 0.859. The molecule has 10 aromatic rings. The first-order valence-corrected chi connectivity index (χ1v) is 14.5. The zero-order valence-electron chi connectivity index (χ0n) is 22.9. The molecule has 10 rings (SSSR count). The molecule has 0 N–H and O–H groups in total. The van der Waals surface area contributed by atoms with E-state index >= 15 is 0 Å². The van der Waals surface area contributed by atoms with Gasteiger partial charge >= 0.3 is 0 Å². The lowest BCUT2D eigenvalue weighted by atomic mass is 9.85. The molecule has 3 nitrogen and oxygen atoms in total. The van der Waals surface area contributed by atoms with Gasteiger partial charge in [-0.2, -0.15) is 0 Å². The second kappa shape index (κ2) is 8.37. The van der Waals surface area contributed by atoms with E-state index in [2.05, 4.69) is 97.1 Å². The zero-order valence-corrected chi connectivity index (χ0v) is 22.9. The Bertz CT molecular complexity index is 2680. The van der Waals surface area contributed by atoms with Gasteiger partial charge in [0.2, 0.25) is 0 Å². The lowest BCUT2D eigenvalue weighted by Crippen LogP contribution is -1.91. The molecule has 0 amide bonds. The van der Waals surface area contributed by atoms with Crippen LogP contribution in [0.2, 0.25) is 0 Å². The van der Waals surface area contributed by atoms with Gasteiger partial charge in [-0.05, 0) is 45.8 Å². The Morgan fingerprint density at radius 3 is 1.51 bits per heavy atom. The van der Waals surface area contributed by atoms with Crippen LogP contribution >= 0.6 is 0 Å². The molecule has 0 spiro atoms. The molecular weight excluding hydrogens is 528 g/mol. The van der Waals surface area contributed by atoms with Crippen molar-refractivity contribution in [2.45, 2.75) is 0 Å². The zero-order chi connectivity index (χ0) is 28.1. The first kappa shape index (κ1) is 22.8. The highest BCUT2D eigenvalue weighted by atomic mass is 16.3. The molecular formula is C40H22O3. The van der Waals surface area contributed by atoms with Crippen molar-refractivity contribution in [2.75, 3.05) is 0 Å². The van der Waals surface area contributed by atoms with Crippen molar-refractivity contribution < 1.29 is 13.3 Å². The Morgan fingerprint density at radius 1 is 0.326 bits per heavy atom. The Morgan fingerprint density at radius 2 is 0.837 bits per heavy atom. The maximum absolute atomic E-state index is 6.66. The highest BCUT2D eigenvalue weighted by Crippen LogP contribution is 2.48. The first-order chi connectivity index (χ1) is 21.3. The van der Waals surface area contributed by atoms with Crippen LogP contribution in [0.25, 0.3) is 98.6 Å². The number of hydrogen-bond acceptors (Lipinski definition) is 3. The van der Waals surface area contributed by atoms with Crippen molar-refractivity contribution in [1.29, 1.82) is 0 Å². The highest BCUT2D eigenvalue weighted by Gasteiger charge is 2.22. The summed E-state index contributed by atoms with van der Waals surface area (Å²) in [5.74, 6) is 0. The summed E-state index contributed by atoms with van der Waals surface area (Å²) in [6, 6.07) is 44.7. The van der Waals surface area contributed by atoms with E-state index in [9.17, 15) is 0 Å². The number of furan rings is 3. The van der Waals surface area contributed by atoms with Gasteiger partial charge < -0.3 is 13.3 Å². The van der Waals surface area contributed by atoms with E-state index in [-0.39, 0.29) is 0 Å². The summed E-state index contributed by atoms with van der Waals surface area (Å²) < 4.78 is 18.9. The molecule has 0 bridgehead atoms. The third-order valence-corrected chi connectivity index (χ3v) is 8.97. The minimum atomic E-state index is 0.859. The predicted molar refractivity (Wildman–Crippen MR) is 177 cm³/mol.